The van der Waals surface area contributed by atoms with E-state index in [0.717, 1.165) is 38.2 Å². The summed E-state index contributed by atoms with van der Waals surface area (Å²) in [5.41, 5.74) is 2.62. The number of benzene rings is 4. The summed E-state index contributed by atoms with van der Waals surface area (Å²) in [6.07, 6.45) is 0.873. The molecule has 2 N–H and O–H groups in total. The van der Waals surface area contributed by atoms with Crippen molar-refractivity contribution in [2.24, 2.45) is 4.99 Å². The highest BCUT2D eigenvalue weighted by Gasteiger charge is 2.26. The number of allylic oxidation sites excluding steroid dienone is 1. The maximum atomic E-state index is 12.3. The van der Waals surface area contributed by atoms with Crippen molar-refractivity contribution >= 4 is 57.1 Å². The minimum Gasteiger partial charge on any atom is -0.506 e. The summed E-state index contributed by atoms with van der Waals surface area (Å²) in [6, 6.07) is 29.4. The number of aliphatic imine (C=N–C) groups is 1. The number of para-hydroxylation sites is 1. The molecule has 0 spiro atoms. The lowest BCUT2D eigenvalue weighted by Gasteiger charge is -2.17. The first-order chi connectivity index (χ1) is 17.1. The normalized spacial score (nSPS) is 14.7. The Balaban J connectivity index is 1.54. The molecule has 174 valence electrons. The van der Waals surface area contributed by atoms with Crippen molar-refractivity contribution in [3.05, 3.63) is 106 Å². The van der Waals surface area contributed by atoms with Crippen molar-refractivity contribution < 1.29 is 9.90 Å². The van der Waals surface area contributed by atoms with Gasteiger partial charge in [-0.3, -0.25) is 4.79 Å². The van der Waals surface area contributed by atoms with Crippen LogP contribution >= 0.6 is 23.5 Å². The minimum absolute atomic E-state index is 0.0865. The van der Waals surface area contributed by atoms with E-state index < -0.39 is 0 Å². The van der Waals surface area contributed by atoms with E-state index in [1.807, 2.05) is 96.9 Å². The number of phenolic OH excluding ortho intramolecular Hbond substituents is 1. The van der Waals surface area contributed by atoms with E-state index in [1.165, 1.54) is 11.8 Å². The van der Waals surface area contributed by atoms with E-state index in [0.29, 0.717) is 22.3 Å². The molecule has 0 aliphatic carbocycles. The van der Waals surface area contributed by atoms with Crippen molar-refractivity contribution in [2.75, 3.05) is 11.9 Å². The zero-order valence-corrected chi connectivity index (χ0v) is 20.6. The first kappa shape index (κ1) is 23.1. The minimum atomic E-state index is 0.0865. The molecule has 0 radical (unpaired) electrons. The second-order valence-electron chi connectivity index (χ2n) is 7.93. The summed E-state index contributed by atoms with van der Waals surface area (Å²) in [7, 11) is 1.96. The van der Waals surface area contributed by atoms with Crippen molar-refractivity contribution in [3.8, 4) is 5.75 Å². The van der Waals surface area contributed by atoms with Gasteiger partial charge in [0.2, 0.25) is 0 Å². The van der Waals surface area contributed by atoms with Crippen LogP contribution in [0.1, 0.15) is 5.56 Å². The number of hydrogen-bond donors (Lipinski definition) is 2. The number of fused-ring (bicyclic) bond motifs is 2. The highest BCUT2D eigenvalue weighted by atomic mass is 32.2. The fourth-order valence-electron chi connectivity index (χ4n) is 3.88. The molecule has 1 aliphatic rings. The molecule has 0 fully saturated rings. The van der Waals surface area contributed by atoms with Gasteiger partial charge >= 0.3 is 0 Å². The quantitative estimate of drug-likeness (QED) is 0.139. The Morgan fingerprint density at radius 2 is 1.74 bits per heavy atom. The molecule has 0 aromatic heterocycles. The predicted octanol–water partition coefficient (Wildman–Crippen LogP) is 6.67. The Bertz CT molecular complexity index is 1450. The van der Waals surface area contributed by atoms with Crippen LogP contribution in [0.2, 0.25) is 0 Å². The number of rotatable bonds is 5. The second kappa shape index (κ2) is 10.3. The molecule has 0 unspecified atom stereocenters. The van der Waals surface area contributed by atoms with Crippen LogP contribution < -0.4 is 10.2 Å². The number of aromatic hydroxyl groups is 1. The van der Waals surface area contributed by atoms with E-state index in [2.05, 4.69) is 5.32 Å². The molecule has 0 amide bonds. The summed E-state index contributed by atoms with van der Waals surface area (Å²) in [4.78, 5) is 20.8. The summed E-state index contributed by atoms with van der Waals surface area (Å²) in [5, 5.41) is 17.2. The lowest BCUT2D eigenvalue weighted by Crippen LogP contribution is -2.21. The van der Waals surface area contributed by atoms with Crippen LogP contribution in [0.3, 0.4) is 0 Å². The van der Waals surface area contributed by atoms with Crippen molar-refractivity contribution in [1.82, 2.24) is 5.32 Å². The molecule has 0 bridgehead atoms. The Kier molecular flexibility index (Phi) is 6.79. The standard InChI is InChI=1S/C28H23N3O2S2/c1-31-22-13-7-8-14-24(22)34-27(31)25(18-32)35-28(29-17-19-9-3-2-4-10-19)30-26-21-12-6-5-11-20(21)15-16-23(26)33/h2-16,18,33H,17H2,1H3,(H,29,30). The van der Waals surface area contributed by atoms with Crippen molar-refractivity contribution in [2.45, 2.75) is 11.4 Å². The van der Waals surface area contributed by atoms with Gasteiger partial charge in [0, 0.05) is 23.9 Å². The van der Waals surface area contributed by atoms with Gasteiger partial charge < -0.3 is 15.3 Å². The van der Waals surface area contributed by atoms with E-state index >= 15 is 0 Å². The Labute approximate surface area is 212 Å². The number of nitrogens with one attached hydrogen (secondary N) is 1. The van der Waals surface area contributed by atoms with Gasteiger partial charge in [0.15, 0.2) is 11.5 Å². The maximum absolute atomic E-state index is 12.3. The maximum Gasteiger partial charge on any atom is 0.167 e. The monoisotopic (exact) mass is 497 g/mol. The highest BCUT2D eigenvalue weighted by Crippen LogP contribution is 2.47. The van der Waals surface area contributed by atoms with Gasteiger partial charge in [0.1, 0.15) is 11.4 Å². The van der Waals surface area contributed by atoms with Crippen LogP contribution in [-0.2, 0) is 11.3 Å². The Hall–Kier alpha value is -3.68. The number of carbonyl (C=O) groups is 1. The number of nitrogens with zero attached hydrogens (tertiary/aromatic N) is 2. The zero-order chi connectivity index (χ0) is 24.2. The third-order valence-electron chi connectivity index (χ3n) is 5.64. The van der Waals surface area contributed by atoms with Crippen LogP contribution in [0.4, 0.5) is 11.4 Å². The molecular formula is C28H23N3O2S2. The molecule has 0 saturated carbocycles. The largest absolute Gasteiger partial charge is 0.506 e. The smallest absolute Gasteiger partial charge is 0.167 e. The molecule has 0 atom stereocenters. The first-order valence-electron chi connectivity index (χ1n) is 11.1. The summed E-state index contributed by atoms with van der Waals surface area (Å²) < 4.78 is 0. The van der Waals surface area contributed by atoms with Gasteiger partial charge in [-0.15, -0.1) is 0 Å². The molecule has 5 rings (SSSR count). The third kappa shape index (κ3) is 4.92. The highest BCUT2D eigenvalue weighted by molar-refractivity contribution is 8.18. The van der Waals surface area contributed by atoms with Crippen LogP contribution in [0, 0.1) is 0 Å². The Morgan fingerprint density at radius 1 is 1.00 bits per heavy atom. The molecule has 1 heterocycles. The SMILES string of the molecule is CN1C(=C(C=O)SC(=Nc2c(O)ccc3ccccc23)NCc2ccccc2)Sc2ccccc21. The number of aldehydes is 1. The second-order valence-corrected chi connectivity index (χ2v) is 9.99. The zero-order valence-electron chi connectivity index (χ0n) is 19.0. The van der Waals surface area contributed by atoms with Gasteiger partial charge in [-0.05, 0) is 40.9 Å². The molecule has 4 aromatic carbocycles. The van der Waals surface area contributed by atoms with Gasteiger partial charge in [0.25, 0.3) is 0 Å². The van der Waals surface area contributed by atoms with Gasteiger partial charge in [-0.2, -0.15) is 0 Å². The predicted molar refractivity (Wildman–Crippen MR) is 147 cm³/mol. The fraction of sp³-hybridized carbons (Fsp3) is 0.0714. The number of hydrogen-bond acceptors (Lipinski definition) is 6. The average Bonchev–Trinajstić information content (AvgIpc) is 3.24. The van der Waals surface area contributed by atoms with Crippen LogP contribution in [0.25, 0.3) is 10.8 Å². The van der Waals surface area contributed by atoms with Gasteiger partial charge in [-0.1, -0.05) is 84.6 Å². The summed E-state index contributed by atoms with van der Waals surface area (Å²) >= 11 is 2.84. The summed E-state index contributed by atoms with van der Waals surface area (Å²) in [6.45, 7) is 0.531. The molecule has 5 nitrogen and oxygen atoms in total. The van der Waals surface area contributed by atoms with E-state index in [4.69, 9.17) is 4.99 Å². The molecule has 0 saturated heterocycles. The Morgan fingerprint density at radius 3 is 2.54 bits per heavy atom. The number of thioether (sulfide) groups is 2. The van der Waals surface area contributed by atoms with Crippen molar-refractivity contribution in [1.29, 1.82) is 0 Å². The number of carbonyl (C=O) groups excluding carboxylic acids is 1. The average molecular weight is 498 g/mol. The fourth-order valence-corrected chi connectivity index (χ4v) is 5.94. The molecule has 35 heavy (non-hydrogen) atoms. The number of amidine groups is 1. The first-order valence-corrected chi connectivity index (χ1v) is 12.7. The van der Waals surface area contributed by atoms with Crippen LogP contribution in [0.5, 0.6) is 5.75 Å². The topological polar surface area (TPSA) is 64.9 Å². The molecule has 1 aliphatic heterocycles. The van der Waals surface area contributed by atoms with Crippen LogP contribution in [-0.4, -0.2) is 23.6 Å². The molecule has 4 aromatic rings. The third-order valence-corrected chi connectivity index (χ3v) is 7.96. The lowest BCUT2D eigenvalue weighted by atomic mass is 10.1. The van der Waals surface area contributed by atoms with E-state index in [-0.39, 0.29) is 5.75 Å². The molecule has 7 heteroatoms. The summed E-state index contributed by atoms with van der Waals surface area (Å²) in [5.74, 6) is 0.0865. The van der Waals surface area contributed by atoms with E-state index in [1.54, 1.807) is 17.8 Å². The number of anilines is 1. The lowest BCUT2D eigenvalue weighted by molar-refractivity contribution is -0.104. The van der Waals surface area contributed by atoms with Gasteiger partial charge in [0.05, 0.1) is 15.6 Å². The molecular weight excluding hydrogens is 474 g/mol. The number of phenols is 1. The van der Waals surface area contributed by atoms with Gasteiger partial charge in [-0.25, -0.2) is 4.99 Å². The van der Waals surface area contributed by atoms with Crippen molar-refractivity contribution in [3.63, 3.8) is 0 Å². The van der Waals surface area contributed by atoms with Crippen LogP contribution in [0.15, 0.2) is 111 Å². The van der Waals surface area contributed by atoms with E-state index in [9.17, 15) is 9.90 Å².